The molecule has 0 saturated carbocycles. The number of hydrogen-bond donors (Lipinski definition) is 1. The quantitative estimate of drug-likeness (QED) is 0.439. The first-order valence-corrected chi connectivity index (χ1v) is 10.7. The second-order valence-corrected chi connectivity index (χ2v) is 7.86. The maximum absolute atomic E-state index is 7.18. The number of nitrogens with one attached hydrogen (secondary N) is 1. The molecule has 0 radical (unpaired) electrons. The molecule has 5 heterocycles. The van der Waals surface area contributed by atoms with Crippen molar-refractivity contribution in [3.63, 3.8) is 0 Å². The number of fused-ring (bicyclic) bond motifs is 1. The first-order valence-electron chi connectivity index (χ1n) is 10.7. The molecular formula is C23H20N10O2. The van der Waals surface area contributed by atoms with Crippen LogP contribution in [0, 0.1) is 20.1 Å². The number of rotatable bonds is 5. The van der Waals surface area contributed by atoms with Gasteiger partial charge in [-0.1, -0.05) is 6.57 Å². The molecular weight excluding hydrogens is 448 g/mol. The molecule has 0 aromatic carbocycles. The van der Waals surface area contributed by atoms with Gasteiger partial charge in [0, 0.05) is 19.7 Å². The van der Waals surface area contributed by atoms with Gasteiger partial charge in [-0.3, -0.25) is 4.85 Å². The zero-order chi connectivity index (χ0) is 24.4. The van der Waals surface area contributed by atoms with Crippen LogP contribution >= 0.6 is 0 Å². The molecule has 1 aliphatic rings. The van der Waals surface area contributed by atoms with E-state index in [9.17, 15) is 0 Å². The van der Waals surface area contributed by atoms with Crippen LogP contribution in [0.15, 0.2) is 36.8 Å². The highest BCUT2D eigenvalue weighted by atomic mass is 16.5. The number of morpholine rings is 1. The summed E-state index contributed by atoms with van der Waals surface area (Å²) in [5, 5.41) is 11.9. The number of hydrogen-bond acceptors (Lipinski definition) is 9. The van der Waals surface area contributed by atoms with Gasteiger partial charge in [-0.15, -0.1) is 15.2 Å². The van der Waals surface area contributed by atoms with Crippen molar-refractivity contribution < 1.29 is 9.47 Å². The monoisotopic (exact) mass is 468 g/mol. The lowest BCUT2D eigenvalue weighted by Gasteiger charge is -2.27. The Morgan fingerprint density at radius 2 is 2.09 bits per heavy atom. The van der Waals surface area contributed by atoms with E-state index in [2.05, 4.69) is 40.2 Å². The second kappa shape index (κ2) is 9.21. The van der Waals surface area contributed by atoms with Crippen molar-refractivity contribution in [2.75, 3.05) is 29.9 Å². The molecule has 0 aliphatic carbocycles. The minimum Gasteiger partial charge on any atom is -0.435 e. The van der Waals surface area contributed by atoms with Gasteiger partial charge in [0.05, 0.1) is 18.6 Å². The molecule has 1 N–H and O–H groups in total. The number of ether oxygens (including phenoxy) is 2. The van der Waals surface area contributed by atoms with Gasteiger partial charge in [-0.05, 0) is 30.7 Å². The molecule has 0 bridgehead atoms. The topological polar surface area (TPSA) is 112 Å². The fourth-order valence-corrected chi connectivity index (χ4v) is 3.65. The van der Waals surface area contributed by atoms with Crippen LogP contribution in [0.1, 0.15) is 5.56 Å². The Labute approximate surface area is 200 Å². The van der Waals surface area contributed by atoms with E-state index < -0.39 is 6.23 Å². The van der Waals surface area contributed by atoms with Gasteiger partial charge in [0.2, 0.25) is 5.88 Å². The standard InChI is InChI=1S/C23H20N10O2/c1-14-9-18(24-2)26-11-16(14)35-20-10-15(22-23(29-20)32(4)13-27-22)28-17-5-6-19(31-30-17)33-7-8-34-21(12-33)25-3/h5-6,9-11,13,21H,7-8,12H2,1,4H3,(H,28,29,30). The van der Waals surface area contributed by atoms with Gasteiger partial charge in [0.15, 0.2) is 29.2 Å². The van der Waals surface area contributed by atoms with E-state index in [4.69, 9.17) is 22.6 Å². The minimum atomic E-state index is -0.493. The maximum atomic E-state index is 7.18. The van der Waals surface area contributed by atoms with Gasteiger partial charge < -0.3 is 29.1 Å². The van der Waals surface area contributed by atoms with Crippen LogP contribution < -0.4 is 15.0 Å². The number of pyridine rings is 2. The molecule has 1 atom stereocenters. The number of anilines is 3. The average Bonchev–Trinajstić information content (AvgIpc) is 3.26. The van der Waals surface area contributed by atoms with Crippen molar-refractivity contribution in [3.8, 4) is 11.6 Å². The lowest BCUT2D eigenvalue weighted by atomic mass is 10.2. The van der Waals surface area contributed by atoms with Crippen LogP contribution in [0.3, 0.4) is 0 Å². The van der Waals surface area contributed by atoms with Crippen LogP contribution in [0.25, 0.3) is 20.9 Å². The summed E-state index contributed by atoms with van der Waals surface area (Å²) >= 11 is 0. The Kier molecular flexibility index (Phi) is 5.79. The third-order valence-corrected chi connectivity index (χ3v) is 5.45. The molecule has 1 aliphatic heterocycles. The zero-order valence-corrected chi connectivity index (χ0v) is 19.0. The summed E-state index contributed by atoms with van der Waals surface area (Å²) in [6.07, 6.45) is 2.69. The fourth-order valence-electron chi connectivity index (χ4n) is 3.65. The summed E-state index contributed by atoms with van der Waals surface area (Å²) in [5.74, 6) is 2.35. The lowest BCUT2D eigenvalue weighted by Crippen LogP contribution is -2.41. The maximum Gasteiger partial charge on any atom is 0.345 e. The minimum absolute atomic E-state index is 0.302. The van der Waals surface area contributed by atoms with Gasteiger partial charge in [-0.25, -0.2) is 11.6 Å². The highest BCUT2D eigenvalue weighted by molar-refractivity contribution is 5.88. The van der Waals surface area contributed by atoms with E-state index >= 15 is 0 Å². The summed E-state index contributed by atoms with van der Waals surface area (Å²) < 4.78 is 13.2. The summed E-state index contributed by atoms with van der Waals surface area (Å²) in [6, 6.07) is 7.06. The van der Waals surface area contributed by atoms with Crippen LogP contribution in [-0.4, -0.2) is 55.6 Å². The number of nitrogens with zero attached hydrogens (tertiary/aromatic N) is 9. The highest BCUT2D eigenvalue weighted by Crippen LogP contribution is 2.31. The van der Waals surface area contributed by atoms with E-state index in [0.29, 0.717) is 65.6 Å². The van der Waals surface area contributed by atoms with Crippen molar-refractivity contribution in [1.82, 2.24) is 29.7 Å². The van der Waals surface area contributed by atoms with Gasteiger partial charge in [-0.2, -0.15) is 4.98 Å². The Morgan fingerprint density at radius 1 is 1.20 bits per heavy atom. The molecule has 0 amide bonds. The third-order valence-electron chi connectivity index (χ3n) is 5.45. The van der Waals surface area contributed by atoms with E-state index in [1.54, 1.807) is 23.0 Å². The molecule has 4 aromatic rings. The smallest absolute Gasteiger partial charge is 0.345 e. The van der Waals surface area contributed by atoms with Crippen molar-refractivity contribution in [1.29, 1.82) is 0 Å². The van der Waals surface area contributed by atoms with Crippen molar-refractivity contribution >= 4 is 34.3 Å². The number of imidazole rings is 1. The molecule has 12 heteroatoms. The van der Waals surface area contributed by atoms with Crippen LogP contribution in [0.4, 0.5) is 23.1 Å². The molecule has 174 valence electrons. The van der Waals surface area contributed by atoms with Crippen LogP contribution in [-0.2, 0) is 11.8 Å². The van der Waals surface area contributed by atoms with Gasteiger partial charge >= 0.3 is 6.23 Å². The molecule has 1 fully saturated rings. The van der Waals surface area contributed by atoms with Gasteiger partial charge in [0.1, 0.15) is 12.1 Å². The lowest BCUT2D eigenvalue weighted by molar-refractivity contribution is 0.0697. The molecule has 4 aromatic heterocycles. The predicted octanol–water partition coefficient (Wildman–Crippen LogP) is 3.63. The van der Waals surface area contributed by atoms with E-state index in [0.717, 1.165) is 5.56 Å². The zero-order valence-electron chi connectivity index (χ0n) is 19.0. The number of aromatic nitrogens is 6. The third kappa shape index (κ3) is 4.51. The summed E-state index contributed by atoms with van der Waals surface area (Å²) in [7, 11) is 1.85. The van der Waals surface area contributed by atoms with Crippen molar-refractivity contribution in [3.05, 3.63) is 65.2 Å². The normalized spacial score (nSPS) is 15.4. The largest absolute Gasteiger partial charge is 0.435 e. The SMILES string of the molecule is [C-]#[N+]c1cc(C)c(Oc2cc(Nc3ccc(N4CCOC([N+]#[C-])C4)nn3)c3ncn(C)c3n2)cn1. The van der Waals surface area contributed by atoms with E-state index in [-0.39, 0.29) is 0 Å². The molecule has 0 spiro atoms. The Hall–Kier alpha value is -4.81. The van der Waals surface area contributed by atoms with E-state index in [1.165, 1.54) is 6.20 Å². The van der Waals surface area contributed by atoms with E-state index in [1.807, 2.05) is 31.0 Å². The summed E-state index contributed by atoms with van der Waals surface area (Å²) in [5.41, 5.74) is 2.70. The average molecular weight is 468 g/mol. The molecule has 1 unspecified atom stereocenters. The molecule has 5 rings (SSSR count). The highest BCUT2D eigenvalue weighted by Gasteiger charge is 2.25. The van der Waals surface area contributed by atoms with Crippen molar-refractivity contribution in [2.45, 2.75) is 13.2 Å². The Balaban J connectivity index is 1.41. The first-order chi connectivity index (χ1) is 17.0. The predicted molar refractivity (Wildman–Crippen MR) is 128 cm³/mol. The molecule has 1 saturated heterocycles. The Bertz CT molecular complexity index is 1470. The molecule has 35 heavy (non-hydrogen) atoms. The second-order valence-electron chi connectivity index (χ2n) is 7.86. The van der Waals surface area contributed by atoms with Gasteiger partial charge in [0.25, 0.3) is 5.82 Å². The first kappa shape index (κ1) is 22.0. The van der Waals surface area contributed by atoms with Crippen molar-refractivity contribution in [2.24, 2.45) is 7.05 Å². The summed E-state index contributed by atoms with van der Waals surface area (Å²) in [6.45, 7) is 17.7. The Morgan fingerprint density at radius 3 is 2.83 bits per heavy atom. The fraction of sp³-hybridized carbons (Fsp3) is 0.261. The van der Waals surface area contributed by atoms with Crippen LogP contribution in [0.2, 0.25) is 0 Å². The summed E-state index contributed by atoms with van der Waals surface area (Å²) in [4.78, 5) is 21.9. The van der Waals surface area contributed by atoms with Crippen LogP contribution in [0.5, 0.6) is 11.6 Å². The molecule has 12 nitrogen and oxygen atoms in total. The number of aryl methyl sites for hydroxylation is 2.